The number of aromatic nitrogens is 4. The summed E-state index contributed by atoms with van der Waals surface area (Å²) in [5.74, 6) is 1.29. The molecule has 0 bridgehead atoms. The number of fused-ring (bicyclic) bond motifs is 1. The smallest absolute Gasteiger partial charge is 0.338 e. The zero-order valence-electron chi connectivity index (χ0n) is 18.7. The predicted molar refractivity (Wildman–Crippen MR) is 116 cm³/mol. The molecule has 0 spiro atoms. The molecule has 0 aliphatic carbocycles. The van der Waals surface area contributed by atoms with Crippen LogP contribution in [0.5, 0.6) is 11.5 Å². The molecule has 31 heavy (non-hydrogen) atoms. The fourth-order valence-electron chi connectivity index (χ4n) is 3.74. The second kappa shape index (κ2) is 10.8. The fraction of sp³-hybridized carbons (Fsp3) is 0.545. The first-order valence-electron chi connectivity index (χ1n) is 10.7. The Balaban J connectivity index is 1.84. The Hall–Kier alpha value is -3.10. The maximum Gasteiger partial charge on any atom is 0.338 e. The van der Waals surface area contributed by atoms with Gasteiger partial charge in [-0.2, -0.15) is 4.68 Å². The molecule has 2 heterocycles. The van der Waals surface area contributed by atoms with E-state index in [4.69, 9.17) is 14.2 Å². The monoisotopic (exact) mass is 429 g/mol. The van der Waals surface area contributed by atoms with E-state index in [2.05, 4.69) is 27.8 Å². The Labute approximate surface area is 182 Å². The Bertz CT molecular complexity index is 924. The Morgan fingerprint density at radius 3 is 2.65 bits per heavy atom. The molecular weight excluding hydrogens is 398 g/mol. The molecule has 1 aromatic heterocycles. The minimum atomic E-state index is -0.603. The number of tetrazole rings is 1. The molecule has 0 amide bonds. The minimum absolute atomic E-state index is 0.381. The highest BCUT2D eigenvalue weighted by Crippen LogP contribution is 2.40. The Morgan fingerprint density at radius 2 is 1.90 bits per heavy atom. The number of esters is 1. The van der Waals surface area contributed by atoms with E-state index in [0.29, 0.717) is 40.9 Å². The van der Waals surface area contributed by atoms with Gasteiger partial charge in [0.05, 0.1) is 26.4 Å². The van der Waals surface area contributed by atoms with Crippen molar-refractivity contribution in [3.63, 3.8) is 0 Å². The number of anilines is 1. The van der Waals surface area contributed by atoms with Crippen molar-refractivity contribution in [2.45, 2.75) is 58.4 Å². The lowest BCUT2D eigenvalue weighted by Crippen LogP contribution is -2.30. The summed E-state index contributed by atoms with van der Waals surface area (Å²) in [4.78, 5) is 13.1. The van der Waals surface area contributed by atoms with Crippen LogP contribution in [0.3, 0.4) is 0 Å². The van der Waals surface area contributed by atoms with Crippen LogP contribution in [-0.4, -0.2) is 47.0 Å². The van der Waals surface area contributed by atoms with Crippen LogP contribution < -0.4 is 14.8 Å². The van der Waals surface area contributed by atoms with Crippen molar-refractivity contribution in [2.75, 3.05) is 26.1 Å². The van der Waals surface area contributed by atoms with Gasteiger partial charge in [0.2, 0.25) is 5.95 Å². The first-order chi connectivity index (χ1) is 15.1. The van der Waals surface area contributed by atoms with Gasteiger partial charge in [-0.05, 0) is 42.0 Å². The molecule has 0 fully saturated rings. The van der Waals surface area contributed by atoms with Crippen LogP contribution in [0.1, 0.15) is 64.0 Å². The predicted octanol–water partition coefficient (Wildman–Crippen LogP) is 3.88. The number of allylic oxidation sites excluding steroid dienone is 1. The van der Waals surface area contributed by atoms with E-state index >= 15 is 0 Å². The van der Waals surface area contributed by atoms with Crippen molar-refractivity contribution in [1.82, 2.24) is 20.2 Å². The van der Waals surface area contributed by atoms with Crippen LogP contribution in [0, 0.1) is 0 Å². The van der Waals surface area contributed by atoms with Gasteiger partial charge in [0.1, 0.15) is 17.5 Å². The average molecular weight is 430 g/mol. The average Bonchev–Trinajstić information content (AvgIpc) is 3.24. The highest BCUT2D eigenvalue weighted by atomic mass is 16.5. The third-order valence-corrected chi connectivity index (χ3v) is 5.40. The molecular formula is C22H31N5O4. The number of methoxy groups -OCH3 is 2. The summed E-state index contributed by atoms with van der Waals surface area (Å²) in [6.07, 6.45) is 6.73. The number of unbranched alkanes of at least 4 members (excludes halogenated alkanes) is 5. The second-order valence-corrected chi connectivity index (χ2v) is 7.52. The number of nitrogens with one attached hydrogen (secondary N) is 1. The van der Waals surface area contributed by atoms with Gasteiger partial charge in [-0.15, -0.1) is 0 Å². The lowest BCUT2D eigenvalue weighted by atomic mass is 9.94. The van der Waals surface area contributed by atoms with E-state index in [9.17, 15) is 4.79 Å². The lowest BCUT2D eigenvalue weighted by Gasteiger charge is -2.28. The highest BCUT2D eigenvalue weighted by Gasteiger charge is 2.36. The molecule has 0 saturated carbocycles. The van der Waals surface area contributed by atoms with E-state index in [0.717, 1.165) is 19.3 Å². The van der Waals surface area contributed by atoms with Crippen molar-refractivity contribution in [1.29, 1.82) is 0 Å². The summed E-state index contributed by atoms with van der Waals surface area (Å²) in [6, 6.07) is 4.83. The number of nitrogens with zero attached hydrogens (tertiary/aromatic N) is 4. The maximum absolute atomic E-state index is 13.1. The standard InChI is InChI=1S/C22H31N5O4/c1-5-6-7-8-9-10-13-31-21(28)19-15(2)23-22-24-25-26-27(22)20(19)17-14-16(29-3)11-12-18(17)30-4/h11-12,14,20H,5-10,13H2,1-4H3,(H,23,24,26)/t20-/m1/s1. The van der Waals surface area contributed by atoms with Crippen molar-refractivity contribution < 1.29 is 19.0 Å². The third-order valence-electron chi connectivity index (χ3n) is 5.40. The molecule has 1 aliphatic heterocycles. The zero-order chi connectivity index (χ0) is 22.2. The zero-order valence-corrected chi connectivity index (χ0v) is 18.7. The summed E-state index contributed by atoms with van der Waals surface area (Å²) in [5.41, 5.74) is 1.80. The van der Waals surface area contributed by atoms with Gasteiger partial charge in [0.25, 0.3) is 0 Å². The van der Waals surface area contributed by atoms with Gasteiger partial charge >= 0.3 is 5.97 Å². The van der Waals surface area contributed by atoms with Crippen LogP contribution >= 0.6 is 0 Å². The molecule has 0 saturated heterocycles. The van der Waals surface area contributed by atoms with Crippen molar-refractivity contribution in [3.05, 3.63) is 35.0 Å². The number of hydrogen-bond donors (Lipinski definition) is 1. The number of ether oxygens (including phenoxy) is 3. The molecule has 9 nitrogen and oxygen atoms in total. The third kappa shape index (κ3) is 5.15. The lowest BCUT2D eigenvalue weighted by molar-refractivity contribution is -0.139. The van der Waals surface area contributed by atoms with Crippen molar-refractivity contribution >= 4 is 11.9 Å². The molecule has 1 aliphatic rings. The molecule has 168 valence electrons. The van der Waals surface area contributed by atoms with Gasteiger partial charge in [0.15, 0.2) is 0 Å². The first-order valence-corrected chi connectivity index (χ1v) is 10.7. The van der Waals surface area contributed by atoms with Gasteiger partial charge < -0.3 is 19.5 Å². The van der Waals surface area contributed by atoms with E-state index in [-0.39, 0.29) is 0 Å². The molecule has 0 unspecified atom stereocenters. The van der Waals surface area contributed by atoms with E-state index in [1.807, 2.05) is 13.0 Å². The molecule has 0 radical (unpaired) electrons. The summed E-state index contributed by atoms with van der Waals surface area (Å²) >= 11 is 0. The van der Waals surface area contributed by atoms with Crippen molar-refractivity contribution in [2.24, 2.45) is 0 Å². The fourth-order valence-corrected chi connectivity index (χ4v) is 3.74. The highest BCUT2D eigenvalue weighted by molar-refractivity contribution is 5.92. The SMILES string of the molecule is CCCCCCCCOC(=O)C1=C(C)Nc2nnnn2[C@@H]1c1cc(OC)ccc1OC. The molecule has 1 atom stereocenters. The Kier molecular flexibility index (Phi) is 7.86. The number of hydrogen-bond acceptors (Lipinski definition) is 8. The number of carbonyl (C=O) groups is 1. The summed E-state index contributed by atoms with van der Waals surface area (Å²) in [7, 11) is 3.17. The van der Waals surface area contributed by atoms with Gasteiger partial charge in [-0.25, -0.2) is 4.79 Å². The molecule has 1 N–H and O–H groups in total. The number of carbonyl (C=O) groups excluding carboxylic acids is 1. The van der Waals surface area contributed by atoms with Gasteiger partial charge in [0, 0.05) is 11.3 Å². The van der Waals surface area contributed by atoms with E-state index in [1.54, 1.807) is 31.0 Å². The summed E-state index contributed by atoms with van der Waals surface area (Å²) < 4.78 is 18.2. The van der Waals surface area contributed by atoms with Gasteiger partial charge in [-0.1, -0.05) is 44.1 Å². The largest absolute Gasteiger partial charge is 0.497 e. The van der Waals surface area contributed by atoms with Crippen LogP contribution in [0.15, 0.2) is 29.5 Å². The summed E-state index contributed by atoms with van der Waals surface area (Å²) in [5, 5.41) is 15.0. The number of rotatable bonds is 11. The molecule has 3 rings (SSSR count). The first kappa shape index (κ1) is 22.6. The normalized spacial score (nSPS) is 15.3. The summed E-state index contributed by atoms with van der Waals surface area (Å²) in [6.45, 7) is 4.39. The van der Waals surface area contributed by atoms with Crippen LogP contribution in [0.2, 0.25) is 0 Å². The van der Waals surface area contributed by atoms with Crippen LogP contribution in [0.25, 0.3) is 0 Å². The van der Waals surface area contributed by atoms with Crippen LogP contribution in [0.4, 0.5) is 5.95 Å². The minimum Gasteiger partial charge on any atom is -0.497 e. The van der Waals surface area contributed by atoms with Crippen LogP contribution in [-0.2, 0) is 9.53 Å². The number of benzene rings is 1. The topological polar surface area (TPSA) is 100 Å². The second-order valence-electron chi connectivity index (χ2n) is 7.52. The molecule has 2 aromatic rings. The van der Waals surface area contributed by atoms with E-state index < -0.39 is 12.0 Å². The quantitative estimate of drug-likeness (QED) is 0.424. The van der Waals surface area contributed by atoms with Crippen molar-refractivity contribution in [3.8, 4) is 11.5 Å². The Morgan fingerprint density at radius 1 is 1.13 bits per heavy atom. The van der Waals surface area contributed by atoms with E-state index in [1.165, 1.54) is 19.3 Å². The molecule has 9 heteroatoms. The maximum atomic E-state index is 13.1. The van der Waals surface area contributed by atoms with Gasteiger partial charge in [-0.3, -0.25) is 0 Å². The molecule has 1 aromatic carbocycles.